The number of carbonyl (C=O) groups excluding carboxylic acids is 1. The summed E-state index contributed by atoms with van der Waals surface area (Å²) in [5, 5.41) is 12.3. The second-order valence-corrected chi connectivity index (χ2v) is 8.60. The van der Waals surface area contributed by atoms with Gasteiger partial charge in [0, 0.05) is 43.5 Å². The molecule has 9 nitrogen and oxygen atoms in total. The first kappa shape index (κ1) is 20.7. The standard InChI is InChI=1S/C22H23ClN6O3/c1-31-19(30)8-16-17-11-29(12-18(16)17)22-28-27-20(32-22)14-9-25-21(26-10-14)24-7-6-13-2-4-15(23)5-3-13/h2-5,9-10,16-18H,6-8,11-12H2,1H3,(H,24,25,26). The SMILES string of the molecule is COC(=O)CC1C2CN(c3nnc(-c4cnc(NCCc5ccc(Cl)cc5)nc4)o3)CC12. The molecule has 166 valence electrons. The van der Waals surface area contributed by atoms with E-state index in [1.54, 1.807) is 12.4 Å². The number of hydrogen-bond donors (Lipinski definition) is 1. The van der Waals surface area contributed by atoms with Crippen LogP contribution in [0.15, 0.2) is 41.1 Å². The van der Waals surface area contributed by atoms with Crippen LogP contribution in [-0.2, 0) is 16.0 Å². The van der Waals surface area contributed by atoms with E-state index in [1.807, 2.05) is 24.3 Å². The van der Waals surface area contributed by atoms with Gasteiger partial charge < -0.3 is 19.4 Å². The average Bonchev–Trinajstić information content (AvgIpc) is 3.20. The molecule has 3 heterocycles. The number of nitrogens with zero attached hydrogens (tertiary/aromatic N) is 5. The van der Waals surface area contributed by atoms with Gasteiger partial charge in [-0.15, -0.1) is 5.10 Å². The summed E-state index contributed by atoms with van der Waals surface area (Å²) in [4.78, 5) is 22.2. The third-order valence-corrected chi connectivity index (χ3v) is 6.45. The van der Waals surface area contributed by atoms with Gasteiger partial charge in [-0.05, 0) is 41.9 Å². The van der Waals surface area contributed by atoms with Gasteiger partial charge in [-0.2, -0.15) is 0 Å². The number of halogens is 1. The Morgan fingerprint density at radius 1 is 1.19 bits per heavy atom. The van der Waals surface area contributed by atoms with Gasteiger partial charge in [0.2, 0.25) is 5.95 Å². The van der Waals surface area contributed by atoms with E-state index in [0.29, 0.717) is 54.1 Å². The van der Waals surface area contributed by atoms with Crippen molar-refractivity contribution in [3.8, 4) is 11.5 Å². The summed E-state index contributed by atoms with van der Waals surface area (Å²) in [7, 11) is 1.43. The van der Waals surface area contributed by atoms with E-state index in [9.17, 15) is 4.79 Å². The summed E-state index contributed by atoms with van der Waals surface area (Å²) >= 11 is 5.91. The van der Waals surface area contributed by atoms with Gasteiger partial charge in [0.05, 0.1) is 12.7 Å². The van der Waals surface area contributed by atoms with Gasteiger partial charge in [-0.1, -0.05) is 28.8 Å². The number of rotatable bonds is 8. The zero-order valence-electron chi connectivity index (χ0n) is 17.6. The molecule has 1 aliphatic heterocycles. The fourth-order valence-electron chi connectivity index (χ4n) is 4.34. The largest absolute Gasteiger partial charge is 0.469 e. The number of nitrogens with one attached hydrogen (secondary N) is 1. The van der Waals surface area contributed by atoms with Gasteiger partial charge in [0.25, 0.3) is 5.89 Å². The number of methoxy groups -OCH3 is 1. The fourth-order valence-corrected chi connectivity index (χ4v) is 4.47. The van der Waals surface area contributed by atoms with Crippen LogP contribution in [-0.4, -0.2) is 52.9 Å². The van der Waals surface area contributed by atoms with Gasteiger partial charge >= 0.3 is 12.0 Å². The van der Waals surface area contributed by atoms with Crippen LogP contribution in [0.1, 0.15) is 12.0 Å². The van der Waals surface area contributed by atoms with Crippen LogP contribution < -0.4 is 10.2 Å². The second kappa shape index (κ2) is 8.74. The molecule has 3 aromatic rings. The van der Waals surface area contributed by atoms with Crippen molar-refractivity contribution in [1.29, 1.82) is 0 Å². The Morgan fingerprint density at radius 3 is 2.59 bits per heavy atom. The van der Waals surface area contributed by atoms with Gasteiger partial charge in [-0.3, -0.25) is 4.79 Å². The maximum Gasteiger partial charge on any atom is 0.318 e. The van der Waals surface area contributed by atoms with Crippen molar-refractivity contribution in [3.63, 3.8) is 0 Å². The molecule has 1 aromatic carbocycles. The molecule has 0 amide bonds. The summed E-state index contributed by atoms with van der Waals surface area (Å²) in [6.45, 7) is 2.35. The van der Waals surface area contributed by atoms with Crippen LogP contribution in [0.25, 0.3) is 11.5 Å². The first-order chi connectivity index (χ1) is 15.6. The molecule has 2 unspecified atom stereocenters. The van der Waals surface area contributed by atoms with Crippen LogP contribution in [0.4, 0.5) is 12.0 Å². The number of fused-ring (bicyclic) bond motifs is 1. The van der Waals surface area contributed by atoms with Crippen LogP contribution in [0.3, 0.4) is 0 Å². The molecule has 5 rings (SSSR count). The topological polar surface area (TPSA) is 106 Å². The number of hydrogen-bond acceptors (Lipinski definition) is 9. The number of anilines is 2. The summed E-state index contributed by atoms with van der Waals surface area (Å²) in [5.41, 5.74) is 1.85. The molecular formula is C22H23ClN6O3. The van der Waals surface area contributed by atoms with Crippen molar-refractivity contribution in [3.05, 3.63) is 47.2 Å². The Kier molecular flexibility index (Phi) is 5.65. The van der Waals surface area contributed by atoms with Gasteiger partial charge in [0.15, 0.2) is 0 Å². The molecule has 0 bridgehead atoms. The summed E-state index contributed by atoms with van der Waals surface area (Å²) in [6, 6.07) is 8.27. The molecule has 0 radical (unpaired) electrons. The average molecular weight is 455 g/mol. The van der Waals surface area contributed by atoms with E-state index in [4.69, 9.17) is 20.8 Å². The van der Waals surface area contributed by atoms with Crippen LogP contribution >= 0.6 is 11.6 Å². The molecule has 1 N–H and O–H groups in total. The second-order valence-electron chi connectivity index (χ2n) is 8.17. The number of esters is 1. The monoisotopic (exact) mass is 454 g/mol. The summed E-state index contributed by atoms with van der Waals surface area (Å²) < 4.78 is 10.6. The summed E-state index contributed by atoms with van der Waals surface area (Å²) in [5.74, 6) is 2.18. The van der Waals surface area contributed by atoms with Crippen LogP contribution in [0.2, 0.25) is 5.02 Å². The Labute approximate surface area is 190 Å². The van der Waals surface area contributed by atoms with Crippen molar-refractivity contribution in [2.45, 2.75) is 12.8 Å². The van der Waals surface area contributed by atoms with Crippen LogP contribution in [0, 0.1) is 17.8 Å². The predicted molar refractivity (Wildman–Crippen MR) is 118 cm³/mol. The van der Waals surface area contributed by atoms with Crippen molar-refractivity contribution >= 4 is 29.5 Å². The highest BCUT2D eigenvalue weighted by atomic mass is 35.5. The number of carbonyl (C=O) groups is 1. The Balaban J connectivity index is 1.12. The number of aromatic nitrogens is 4. The quantitative estimate of drug-likeness (QED) is 0.514. The maximum atomic E-state index is 11.5. The minimum Gasteiger partial charge on any atom is -0.469 e. The van der Waals surface area contributed by atoms with E-state index in [1.165, 1.54) is 12.7 Å². The highest BCUT2D eigenvalue weighted by molar-refractivity contribution is 6.30. The smallest absolute Gasteiger partial charge is 0.318 e. The van der Waals surface area contributed by atoms with Crippen LogP contribution in [0.5, 0.6) is 0 Å². The molecule has 2 aliphatic rings. The molecule has 2 aromatic heterocycles. The van der Waals surface area contributed by atoms with E-state index >= 15 is 0 Å². The summed E-state index contributed by atoms with van der Waals surface area (Å²) in [6.07, 6.45) is 4.67. The van der Waals surface area contributed by atoms with E-state index in [-0.39, 0.29) is 5.97 Å². The minimum absolute atomic E-state index is 0.140. The molecule has 2 fully saturated rings. The number of benzene rings is 1. The first-order valence-corrected chi connectivity index (χ1v) is 10.9. The lowest BCUT2D eigenvalue weighted by molar-refractivity contribution is -0.141. The van der Waals surface area contributed by atoms with Gasteiger partial charge in [-0.25, -0.2) is 9.97 Å². The van der Waals surface area contributed by atoms with E-state index in [2.05, 4.69) is 30.4 Å². The number of piperidine rings is 1. The zero-order chi connectivity index (χ0) is 22.1. The third-order valence-electron chi connectivity index (χ3n) is 6.20. The molecule has 32 heavy (non-hydrogen) atoms. The van der Waals surface area contributed by atoms with Gasteiger partial charge in [0.1, 0.15) is 0 Å². The zero-order valence-corrected chi connectivity index (χ0v) is 18.3. The predicted octanol–water partition coefficient (Wildman–Crippen LogP) is 3.08. The highest BCUT2D eigenvalue weighted by Crippen LogP contribution is 2.54. The molecule has 1 saturated carbocycles. The van der Waals surface area contributed by atoms with Crippen molar-refractivity contribution in [1.82, 2.24) is 20.2 Å². The lowest BCUT2D eigenvalue weighted by Gasteiger charge is -2.16. The minimum atomic E-state index is -0.140. The van der Waals surface area contributed by atoms with E-state index < -0.39 is 0 Å². The van der Waals surface area contributed by atoms with Crippen molar-refractivity contribution in [2.75, 3.05) is 37.0 Å². The maximum absolute atomic E-state index is 11.5. The number of ether oxygens (including phenoxy) is 1. The molecule has 10 heteroatoms. The lowest BCUT2D eigenvalue weighted by Crippen LogP contribution is -2.24. The molecular weight excluding hydrogens is 432 g/mol. The van der Waals surface area contributed by atoms with E-state index in [0.717, 1.165) is 24.5 Å². The Bertz CT molecular complexity index is 1080. The Hall–Kier alpha value is -3.20. The highest BCUT2D eigenvalue weighted by Gasteiger charge is 2.57. The van der Waals surface area contributed by atoms with Crippen molar-refractivity contribution in [2.24, 2.45) is 17.8 Å². The lowest BCUT2D eigenvalue weighted by atomic mass is 10.1. The molecule has 1 aliphatic carbocycles. The van der Waals surface area contributed by atoms with Crippen molar-refractivity contribution < 1.29 is 13.9 Å². The normalized spacial score (nSPS) is 21.3. The third kappa shape index (κ3) is 4.38. The fraction of sp³-hybridized carbons (Fsp3) is 0.409. The Morgan fingerprint density at radius 2 is 1.91 bits per heavy atom. The first-order valence-electron chi connectivity index (χ1n) is 10.6. The molecule has 0 spiro atoms. The molecule has 2 atom stereocenters. The molecule has 1 saturated heterocycles.